The van der Waals surface area contributed by atoms with Gasteiger partial charge in [0.2, 0.25) is 5.91 Å². The highest BCUT2D eigenvalue weighted by Crippen LogP contribution is 2.04. The van der Waals surface area contributed by atoms with Crippen LogP contribution in [0.5, 0.6) is 0 Å². The lowest BCUT2D eigenvalue weighted by Gasteiger charge is -2.21. The Balaban J connectivity index is 1.74. The van der Waals surface area contributed by atoms with E-state index in [4.69, 9.17) is 0 Å². The second-order valence-corrected chi connectivity index (χ2v) is 5.86. The van der Waals surface area contributed by atoms with E-state index in [1.807, 2.05) is 18.2 Å². The number of amides is 2. The van der Waals surface area contributed by atoms with Crippen molar-refractivity contribution in [1.29, 1.82) is 0 Å². The Morgan fingerprint density at radius 1 is 1.00 bits per heavy atom. The normalized spacial score (nSPS) is 10.3. The molecule has 2 amide bonds. The number of aryl methyl sites for hydroxylation is 1. The average molecular weight is 342 g/mol. The summed E-state index contributed by atoms with van der Waals surface area (Å²) in [6.45, 7) is 3.00. The van der Waals surface area contributed by atoms with Crippen LogP contribution in [0, 0.1) is 5.82 Å². The number of hydrogen-bond donors (Lipinski definition) is 1. The molecule has 0 unspecified atom stereocenters. The third-order valence-electron chi connectivity index (χ3n) is 3.96. The number of halogens is 1. The van der Waals surface area contributed by atoms with Gasteiger partial charge in [-0.2, -0.15) is 0 Å². The van der Waals surface area contributed by atoms with Crippen LogP contribution in [0.25, 0.3) is 0 Å². The van der Waals surface area contributed by atoms with Gasteiger partial charge in [-0.3, -0.25) is 9.59 Å². The maximum absolute atomic E-state index is 12.9. The van der Waals surface area contributed by atoms with Crippen molar-refractivity contribution in [3.63, 3.8) is 0 Å². The first kappa shape index (κ1) is 18.6. The predicted molar refractivity (Wildman–Crippen MR) is 95.8 cm³/mol. The van der Waals surface area contributed by atoms with E-state index in [0.717, 1.165) is 12.8 Å². The second-order valence-electron chi connectivity index (χ2n) is 5.86. The van der Waals surface area contributed by atoms with Crippen molar-refractivity contribution in [2.45, 2.75) is 19.8 Å². The molecule has 0 bridgehead atoms. The van der Waals surface area contributed by atoms with Gasteiger partial charge in [0, 0.05) is 32.1 Å². The Labute approximate surface area is 147 Å². The summed E-state index contributed by atoms with van der Waals surface area (Å²) >= 11 is 0. The lowest BCUT2D eigenvalue weighted by atomic mass is 10.1. The first-order valence-electron chi connectivity index (χ1n) is 8.39. The monoisotopic (exact) mass is 342 g/mol. The Hall–Kier alpha value is -2.69. The molecule has 0 aliphatic rings. The van der Waals surface area contributed by atoms with E-state index >= 15 is 0 Å². The first-order valence-corrected chi connectivity index (χ1v) is 8.39. The van der Waals surface area contributed by atoms with Crippen molar-refractivity contribution in [1.82, 2.24) is 10.2 Å². The standard InChI is InChI=1S/C20H23FN2O2/c1-16(24)23(14-5-8-17-6-3-2-4-7-17)15-13-22-20(25)18-9-11-19(21)12-10-18/h2-4,6-7,9-12H,5,8,13-15H2,1H3,(H,22,25). The van der Waals surface area contributed by atoms with Gasteiger partial charge < -0.3 is 10.2 Å². The lowest BCUT2D eigenvalue weighted by molar-refractivity contribution is -0.128. The zero-order chi connectivity index (χ0) is 18.1. The minimum Gasteiger partial charge on any atom is -0.350 e. The molecule has 2 aromatic rings. The van der Waals surface area contributed by atoms with Gasteiger partial charge in [0.25, 0.3) is 5.91 Å². The molecule has 0 atom stereocenters. The molecule has 2 rings (SSSR count). The highest BCUT2D eigenvalue weighted by Gasteiger charge is 2.10. The number of benzene rings is 2. The lowest BCUT2D eigenvalue weighted by Crippen LogP contribution is -2.38. The molecule has 0 aliphatic carbocycles. The van der Waals surface area contributed by atoms with Crippen LogP contribution < -0.4 is 5.32 Å². The van der Waals surface area contributed by atoms with Crippen LogP contribution in [0.4, 0.5) is 4.39 Å². The van der Waals surface area contributed by atoms with E-state index in [1.165, 1.54) is 36.8 Å². The van der Waals surface area contributed by atoms with E-state index in [2.05, 4.69) is 17.4 Å². The molecule has 2 aromatic carbocycles. The van der Waals surface area contributed by atoms with Gasteiger partial charge >= 0.3 is 0 Å². The topological polar surface area (TPSA) is 49.4 Å². The smallest absolute Gasteiger partial charge is 0.251 e. The molecular weight excluding hydrogens is 319 g/mol. The molecule has 0 aromatic heterocycles. The average Bonchev–Trinajstić information content (AvgIpc) is 2.61. The van der Waals surface area contributed by atoms with E-state index in [-0.39, 0.29) is 17.6 Å². The molecule has 0 saturated heterocycles. The molecule has 0 heterocycles. The van der Waals surface area contributed by atoms with Crippen LogP contribution in [0.1, 0.15) is 29.3 Å². The molecule has 5 heteroatoms. The molecule has 4 nitrogen and oxygen atoms in total. The fourth-order valence-corrected chi connectivity index (χ4v) is 2.55. The minimum atomic E-state index is -0.377. The van der Waals surface area contributed by atoms with Crippen LogP contribution in [-0.4, -0.2) is 36.3 Å². The zero-order valence-electron chi connectivity index (χ0n) is 14.4. The summed E-state index contributed by atoms with van der Waals surface area (Å²) in [6.07, 6.45) is 1.78. The molecule has 0 saturated carbocycles. The highest BCUT2D eigenvalue weighted by molar-refractivity contribution is 5.94. The van der Waals surface area contributed by atoms with Gasteiger partial charge in [-0.05, 0) is 42.7 Å². The van der Waals surface area contributed by atoms with Crippen LogP contribution in [0.15, 0.2) is 54.6 Å². The van der Waals surface area contributed by atoms with E-state index in [9.17, 15) is 14.0 Å². The zero-order valence-corrected chi connectivity index (χ0v) is 14.4. The quantitative estimate of drug-likeness (QED) is 0.802. The predicted octanol–water partition coefficient (Wildman–Crippen LogP) is 3.04. The van der Waals surface area contributed by atoms with Gasteiger partial charge in [-0.1, -0.05) is 30.3 Å². The molecular formula is C20H23FN2O2. The minimum absolute atomic E-state index is 0.0101. The van der Waals surface area contributed by atoms with Crippen molar-refractivity contribution in [2.24, 2.45) is 0 Å². The largest absolute Gasteiger partial charge is 0.350 e. The molecule has 0 spiro atoms. The van der Waals surface area contributed by atoms with Crippen molar-refractivity contribution in [3.05, 3.63) is 71.5 Å². The maximum atomic E-state index is 12.9. The summed E-state index contributed by atoms with van der Waals surface area (Å²) in [5.41, 5.74) is 1.65. The summed E-state index contributed by atoms with van der Waals surface area (Å²) in [5, 5.41) is 2.76. The van der Waals surface area contributed by atoms with Crippen molar-refractivity contribution < 1.29 is 14.0 Å². The van der Waals surface area contributed by atoms with Crippen molar-refractivity contribution in [2.75, 3.05) is 19.6 Å². The molecule has 25 heavy (non-hydrogen) atoms. The third kappa shape index (κ3) is 6.37. The van der Waals surface area contributed by atoms with Crippen LogP contribution in [0.3, 0.4) is 0 Å². The number of carbonyl (C=O) groups excluding carboxylic acids is 2. The molecule has 1 N–H and O–H groups in total. The number of carbonyl (C=O) groups is 2. The van der Waals surface area contributed by atoms with Crippen LogP contribution in [0.2, 0.25) is 0 Å². The van der Waals surface area contributed by atoms with Gasteiger partial charge in [-0.15, -0.1) is 0 Å². The molecule has 132 valence electrons. The SMILES string of the molecule is CC(=O)N(CCCc1ccccc1)CCNC(=O)c1ccc(F)cc1. The summed E-state index contributed by atoms with van der Waals surface area (Å²) in [6, 6.07) is 15.5. The molecule has 0 aliphatic heterocycles. The summed E-state index contributed by atoms with van der Waals surface area (Å²) in [7, 11) is 0. The van der Waals surface area contributed by atoms with Crippen LogP contribution >= 0.6 is 0 Å². The molecule has 0 radical (unpaired) electrons. The fourth-order valence-electron chi connectivity index (χ4n) is 2.55. The third-order valence-corrected chi connectivity index (χ3v) is 3.96. The summed E-state index contributed by atoms with van der Waals surface area (Å²) in [4.78, 5) is 25.4. The van der Waals surface area contributed by atoms with E-state index in [0.29, 0.717) is 25.2 Å². The Bertz CT molecular complexity index is 687. The van der Waals surface area contributed by atoms with E-state index < -0.39 is 0 Å². The Morgan fingerprint density at radius 3 is 2.32 bits per heavy atom. The molecule has 0 fully saturated rings. The first-order chi connectivity index (χ1) is 12.1. The highest BCUT2D eigenvalue weighted by atomic mass is 19.1. The van der Waals surface area contributed by atoms with Gasteiger partial charge in [0.15, 0.2) is 0 Å². The number of nitrogens with zero attached hydrogens (tertiary/aromatic N) is 1. The number of hydrogen-bond acceptors (Lipinski definition) is 2. The Morgan fingerprint density at radius 2 is 1.68 bits per heavy atom. The van der Waals surface area contributed by atoms with Crippen LogP contribution in [-0.2, 0) is 11.2 Å². The summed E-state index contributed by atoms with van der Waals surface area (Å²) in [5.74, 6) is -0.658. The van der Waals surface area contributed by atoms with Gasteiger partial charge in [0.05, 0.1) is 0 Å². The van der Waals surface area contributed by atoms with Gasteiger partial charge in [-0.25, -0.2) is 4.39 Å². The van der Waals surface area contributed by atoms with E-state index in [1.54, 1.807) is 4.90 Å². The summed E-state index contributed by atoms with van der Waals surface area (Å²) < 4.78 is 12.9. The fraction of sp³-hybridized carbons (Fsp3) is 0.300. The van der Waals surface area contributed by atoms with Crippen molar-refractivity contribution >= 4 is 11.8 Å². The number of nitrogens with one attached hydrogen (secondary N) is 1. The Kier molecular flexibility index (Phi) is 7.14. The number of rotatable bonds is 8. The van der Waals surface area contributed by atoms with Crippen molar-refractivity contribution in [3.8, 4) is 0 Å². The second kappa shape index (κ2) is 9.57. The van der Waals surface area contributed by atoms with Gasteiger partial charge in [0.1, 0.15) is 5.82 Å². The maximum Gasteiger partial charge on any atom is 0.251 e.